The monoisotopic (exact) mass is 489 g/mol. The predicted octanol–water partition coefficient (Wildman–Crippen LogP) is 4.63. The lowest BCUT2D eigenvalue weighted by Gasteiger charge is -2.13. The molecule has 0 fully saturated rings. The van der Waals surface area contributed by atoms with Crippen LogP contribution in [0, 0.1) is 24.2 Å². The SMILES string of the molecule is Cc1cn(-c2cc(NC(=O)c3cncc(C#Cc4cnc(/C=C\C=N)[nH]4)c3)cc(C(F)(F)F)c2)cn1. The molecule has 0 aliphatic carbocycles. The number of allylic oxidation sites excluding steroid dienone is 1. The molecular weight excluding hydrogens is 471 g/mol. The van der Waals surface area contributed by atoms with Crippen LogP contribution in [0.3, 0.4) is 0 Å². The molecule has 0 spiro atoms. The number of pyridine rings is 1. The molecule has 0 atom stereocenters. The van der Waals surface area contributed by atoms with E-state index >= 15 is 0 Å². The molecule has 0 saturated carbocycles. The van der Waals surface area contributed by atoms with Gasteiger partial charge in [-0.1, -0.05) is 5.92 Å². The number of benzene rings is 1. The lowest BCUT2D eigenvalue weighted by Crippen LogP contribution is -2.14. The standard InChI is InChI=1S/C25H18F3N7O/c1-16-14-35(15-32-16)22-9-19(25(26,27)28)8-21(10-22)34-24(36)18-7-17(11-30-12-18)4-5-20-13-31-23(33-20)3-2-6-29/h2-3,6-15,29H,1H3,(H,31,33)(H,34,36)/b3-2-,29-6?. The molecule has 3 heterocycles. The van der Waals surface area contributed by atoms with Gasteiger partial charge < -0.3 is 20.3 Å². The van der Waals surface area contributed by atoms with E-state index in [0.29, 0.717) is 22.8 Å². The predicted molar refractivity (Wildman–Crippen MR) is 128 cm³/mol. The van der Waals surface area contributed by atoms with Crippen LogP contribution in [0.4, 0.5) is 18.9 Å². The number of anilines is 1. The van der Waals surface area contributed by atoms with Gasteiger partial charge in [-0.05, 0) is 49.3 Å². The Balaban J connectivity index is 1.57. The third kappa shape index (κ3) is 5.92. The first-order valence-corrected chi connectivity index (χ1v) is 10.4. The number of hydrogen-bond acceptors (Lipinski definition) is 5. The molecule has 1 amide bonds. The van der Waals surface area contributed by atoms with E-state index in [1.165, 1.54) is 47.7 Å². The molecule has 3 aromatic heterocycles. The lowest BCUT2D eigenvalue weighted by molar-refractivity contribution is -0.137. The van der Waals surface area contributed by atoms with E-state index in [0.717, 1.165) is 18.3 Å². The molecule has 36 heavy (non-hydrogen) atoms. The first-order valence-electron chi connectivity index (χ1n) is 10.4. The average Bonchev–Trinajstić information content (AvgIpc) is 3.49. The van der Waals surface area contributed by atoms with Gasteiger partial charge in [0.1, 0.15) is 11.5 Å². The first-order chi connectivity index (χ1) is 17.2. The molecule has 0 saturated heterocycles. The molecule has 0 aliphatic rings. The van der Waals surface area contributed by atoms with Crippen LogP contribution in [0.25, 0.3) is 11.8 Å². The molecule has 8 nitrogen and oxygen atoms in total. The van der Waals surface area contributed by atoms with Crippen LogP contribution >= 0.6 is 0 Å². The van der Waals surface area contributed by atoms with Gasteiger partial charge in [-0.15, -0.1) is 0 Å². The van der Waals surface area contributed by atoms with Crippen LogP contribution in [-0.4, -0.2) is 36.6 Å². The Labute approximate surface area is 203 Å². The highest BCUT2D eigenvalue weighted by atomic mass is 19.4. The van der Waals surface area contributed by atoms with E-state index in [2.05, 4.69) is 37.1 Å². The first kappa shape index (κ1) is 24.2. The number of carbonyl (C=O) groups is 1. The Morgan fingerprint density at radius 1 is 1.14 bits per heavy atom. The summed E-state index contributed by atoms with van der Waals surface area (Å²) in [6, 6.07) is 4.75. The molecule has 3 N–H and O–H groups in total. The van der Waals surface area contributed by atoms with Crippen molar-refractivity contribution in [3.05, 3.63) is 95.4 Å². The van der Waals surface area contributed by atoms with Crippen molar-refractivity contribution in [2.75, 3.05) is 5.32 Å². The number of imidazole rings is 2. The molecule has 180 valence electrons. The van der Waals surface area contributed by atoms with Crippen LogP contribution in [0.5, 0.6) is 0 Å². The zero-order valence-electron chi connectivity index (χ0n) is 18.8. The molecule has 0 bridgehead atoms. The van der Waals surface area contributed by atoms with Crippen molar-refractivity contribution in [2.24, 2.45) is 0 Å². The third-order valence-electron chi connectivity index (χ3n) is 4.80. The minimum absolute atomic E-state index is 0.0318. The van der Waals surface area contributed by atoms with Gasteiger partial charge in [0.25, 0.3) is 5.91 Å². The van der Waals surface area contributed by atoms with Gasteiger partial charge in [0, 0.05) is 41.7 Å². The van der Waals surface area contributed by atoms with E-state index in [4.69, 9.17) is 5.41 Å². The van der Waals surface area contributed by atoms with Crippen molar-refractivity contribution in [2.45, 2.75) is 13.1 Å². The van der Waals surface area contributed by atoms with Gasteiger partial charge in [0.2, 0.25) is 0 Å². The van der Waals surface area contributed by atoms with Crippen molar-refractivity contribution in [1.82, 2.24) is 24.5 Å². The number of nitrogens with one attached hydrogen (secondary N) is 3. The number of amides is 1. The molecule has 1 aromatic carbocycles. The maximum absolute atomic E-state index is 13.5. The van der Waals surface area contributed by atoms with Crippen molar-refractivity contribution in [1.29, 1.82) is 5.41 Å². The van der Waals surface area contributed by atoms with Gasteiger partial charge in [-0.25, -0.2) is 9.97 Å². The van der Waals surface area contributed by atoms with Crippen LogP contribution < -0.4 is 5.32 Å². The number of nitrogens with zero attached hydrogens (tertiary/aromatic N) is 4. The Bertz CT molecular complexity index is 1520. The van der Waals surface area contributed by atoms with Crippen LogP contribution in [0.2, 0.25) is 0 Å². The van der Waals surface area contributed by atoms with Crippen molar-refractivity contribution in [3.63, 3.8) is 0 Å². The number of hydrogen-bond donors (Lipinski definition) is 3. The highest BCUT2D eigenvalue weighted by Crippen LogP contribution is 2.33. The summed E-state index contributed by atoms with van der Waals surface area (Å²) < 4.78 is 41.9. The summed E-state index contributed by atoms with van der Waals surface area (Å²) in [7, 11) is 0. The fourth-order valence-corrected chi connectivity index (χ4v) is 3.16. The summed E-state index contributed by atoms with van der Waals surface area (Å²) in [6.07, 6.45) is 6.88. The highest BCUT2D eigenvalue weighted by molar-refractivity contribution is 6.04. The van der Waals surface area contributed by atoms with E-state index in [1.807, 2.05) is 0 Å². The number of halogens is 3. The van der Waals surface area contributed by atoms with Gasteiger partial charge >= 0.3 is 6.18 Å². The molecule has 0 unspecified atom stereocenters. The zero-order valence-corrected chi connectivity index (χ0v) is 18.8. The van der Waals surface area contributed by atoms with E-state index in [-0.39, 0.29) is 16.9 Å². The van der Waals surface area contributed by atoms with E-state index in [1.54, 1.807) is 19.2 Å². The van der Waals surface area contributed by atoms with Gasteiger partial charge in [0.05, 0.1) is 29.3 Å². The maximum atomic E-state index is 13.5. The van der Waals surface area contributed by atoms with Gasteiger partial charge in [-0.2, -0.15) is 13.2 Å². The van der Waals surface area contributed by atoms with Gasteiger partial charge in [-0.3, -0.25) is 9.78 Å². The summed E-state index contributed by atoms with van der Waals surface area (Å²) in [5, 5.41) is 9.50. The third-order valence-corrected chi connectivity index (χ3v) is 4.80. The van der Waals surface area contributed by atoms with E-state index < -0.39 is 17.6 Å². The second-order valence-corrected chi connectivity index (χ2v) is 7.56. The normalized spacial score (nSPS) is 11.2. The lowest BCUT2D eigenvalue weighted by atomic mass is 10.1. The fourth-order valence-electron chi connectivity index (χ4n) is 3.16. The summed E-state index contributed by atoms with van der Waals surface area (Å²) in [5.41, 5.74) is 0.958. The summed E-state index contributed by atoms with van der Waals surface area (Å²) >= 11 is 0. The molecule has 4 rings (SSSR count). The fraction of sp³-hybridized carbons (Fsp3) is 0.0800. The Kier molecular flexibility index (Phi) is 6.78. The molecule has 0 radical (unpaired) electrons. The van der Waals surface area contributed by atoms with Crippen LogP contribution in [-0.2, 0) is 6.18 Å². The maximum Gasteiger partial charge on any atom is 0.416 e. The van der Waals surface area contributed by atoms with Crippen LogP contribution in [0.15, 0.2) is 61.5 Å². The van der Waals surface area contributed by atoms with Crippen molar-refractivity contribution in [3.8, 4) is 17.5 Å². The number of aromatic amines is 1. The Morgan fingerprint density at radius 3 is 2.69 bits per heavy atom. The second kappa shape index (κ2) is 10.1. The average molecular weight is 489 g/mol. The second-order valence-electron chi connectivity index (χ2n) is 7.56. The smallest absolute Gasteiger partial charge is 0.332 e. The molecule has 4 aromatic rings. The topological polar surface area (TPSA) is 112 Å². The summed E-state index contributed by atoms with van der Waals surface area (Å²) in [4.78, 5) is 27.9. The number of alkyl halides is 3. The van der Waals surface area contributed by atoms with Gasteiger partial charge in [0.15, 0.2) is 0 Å². The van der Waals surface area contributed by atoms with E-state index in [9.17, 15) is 18.0 Å². The number of rotatable bonds is 5. The Hall–Kier alpha value is -4.98. The summed E-state index contributed by atoms with van der Waals surface area (Å²) in [6.45, 7) is 1.72. The highest BCUT2D eigenvalue weighted by Gasteiger charge is 2.31. The number of carbonyl (C=O) groups excluding carboxylic acids is 1. The summed E-state index contributed by atoms with van der Waals surface area (Å²) in [5.74, 6) is 5.61. The minimum Gasteiger partial charge on any atom is -0.332 e. The Morgan fingerprint density at radius 2 is 1.97 bits per heavy atom. The van der Waals surface area contributed by atoms with Crippen molar-refractivity contribution < 1.29 is 18.0 Å². The quantitative estimate of drug-likeness (QED) is 0.280. The minimum atomic E-state index is -4.61. The number of H-pyrrole nitrogens is 1. The largest absolute Gasteiger partial charge is 0.416 e. The zero-order chi connectivity index (χ0) is 25.7. The van der Waals surface area contributed by atoms with Crippen molar-refractivity contribution >= 4 is 23.9 Å². The molecular formula is C25H18F3N7O. The number of aryl methyl sites for hydroxylation is 1. The molecule has 11 heteroatoms. The van der Waals surface area contributed by atoms with Crippen LogP contribution in [0.1, 0.15) is 38.7 Å². The molecule has 0 aliphatic heterocycles. The number of aromatic nitrogens is 5.